The molecule has 6 nitrogen and oxygen atoms in total. The van der Waals surface area contributed by atoms with Crippen molar-refractivity contribution in [1.29, 1.82) is 0 Å². The standard InChI is InChI=1S/C22H22N4O2S/c1-25-12-17(18-6-2-3-7-19(18)25)11-20(27)26-9-4-5-15(13-26)21-23-24-22(28-21)16-8-10-29-14-16/h2-3,6-8,10,12,14-15H,4-5,9,11,13H2,1H3. The number of rotatable bonds is 4. The van der Waals surface area contributed by atoms with Crippen molar-refractivity contribution >= 4 is 28.1 Å². The monoisotopic (exact) mass is 406 g/mol. The fraction of sp³-hybridized carbons (Fsp3) is 0.318. The summed E-state index contributed by atoms with van der Waals surface area (Å²) in [5, 5.41) is 13.6. The molecule has 1 aromatic carbocycles. The summed E-state index contributed by atoms with van der Waals surface area (Å²) in [6, 6.07) is 10.2. The molecule has 1 aliphatic heterocycles. The summed E-state index contributed by atoms with van der Waals surface area (Å²) >= 11 is 1.60. The molecule has 0 N–H and O–H groups in total. The maximum atomic E-state index is 13.0. The van der Waals surface area contributed by atoms with Gasteiger partial charge in [0.05, 0.1) is 12.3 Å². The van der Waals surface area contributed by atoms with Crippen LogP contribution in [0.5, 0.6) is 0 Å². The van der Waals surface area contributed by atoms with Crippen LogP contribution in [0, 0.1) is 0 Å². The van der Waals surface area contributed by atoms with Crippen LogP contribution in [0.1, 0.15) is 30.2 Å². The van der Waals surface area contributed by atoms with Crippen molar-refractivity contribution in [3.63, 3.8) is 0 Å². The molecule has 4 aromatic rings. The van der Waals surface area contributed by atoms with E-state index in [2.05, 4.69) is 33.1 Å². The zero-order valence-electron chi connectivity index (χ0n) is 16.2. The van der Waals surface area contributed by atoms with Gasteiger partial charge in [-0.15, -0.1) is 10.2 Å². The lowest BCUT2D eigenvalue weighted by molar-refractivity contribution is -0.131. The average molecular weight is 407 g/mol. The Morgan fingerprint density at radius 1 is 1.28 bits per heavy atom. The number of amides is 1. The van der Waals surface area contributed by atoms with Crippen LogP contribution in [0.3, 0.4) is 0 Å². The lowest BCUT2D eigenvalue weighted by Crippen LogP contribution is -2.40. The van der Waals surface area contributed by atoms with Gasteiger partial charge in [0.15, 0.2) is 0 Å². The van der Waals surface area contributed by atoms with Crippen LogP contribution in [-0.2, 0) is 18.3 Å². The number of carbonyl (C=O) groups excluding carboxylic acids is 1. The number of aromatic nitrogens is 3. The molecule has 1 unspecified atom stereocenters. The van der Waals surface area contributed by atoms with Gasteiger partial charge in [-0.25, -0.2) is 0 Å². The minimum Gasteiger partial charge on any atom is -0.420 e. The van der Waals surface area contributed by atoms with Crippen LogP contribution >= 0.6 is 11.3 Å². The van der Waals surface area contributed by atoms with Crippen molar-refractivity contribution in [3.05, 3.63) is 58.7 Å². The number of aryl methyl sites for hydroxylation is 1. The van der Waals surface area contributed by atoms with Gasteiger partial charge >= 0.3 is 0 Å². The number of benzene rings is 1. The van der Waals surface area contributed by atoms with E-state index in [0.29, 0.717) is 24.7 Å². The fourth-order valence-electron chi connectivity index (χ4n) is 4.15. The van der Waals surface area contributed by atoms with Crippen molar-refractivity contribution in [2.24, 2.45) is 7.05 Å². The Kier molecular flexibility index (Phi) is 4.67. The minimum absolute atomic E-state index is 0.0973. The number of carbonyl (C=O) groups is 1. The van der Waals surface area contributed by atoms with E-state index in [1.165, 1.54) is 0 Å². The predicted molar refractivity (Wildman–Crippen MR) is 113 cm³/mol. The van der Waals surface area contributed by atoms with E-state index in [0.717, 1.165) is 41.4 Å². The molecule has 0 saturated carbocycles. The molecule has 5 rings (SSSR count). The molecule has 1 amide bonds. The van der Waals surface area contributed by atoms with Crippen LogP contribution in [-0.4, -0.2) is 38.7 Å². The topological polar surface area (TPSA) is 64.2 Å². The predicted octanol–water partition coefficient (Wildman–Crippen LogP) is 4.24. The van der Waals surface area contributed by atoms with E-state index < -0.39 is 0 Å². The summed E-state index contributed by atoms with van der Waals surface area (Å²) in [6.07, 6.45) is 4.39. The van der Waals surface area contributed by atoms with Crippen LogP contribution < -0.4 is 0 Å². The molecule has 0 aliphatic carbocycles. The summed E-state index contributed by atoms with van der Waals surface area (Å²) in [4.78, 5) is 15.0. The summed E-state index contributed by atoms with van der Waals surface area (Å²) < 4.78 is 8.00. The van der Waals surface area contributed by atoms with Crippen LogP contribution in [0.25, 0.3) is 22.4 Å². The maximum absolute atomic E-state index is 13.0. The van der Waals surface area contributed by atoms with Gasteiger partial charge in [-0.1, -0.05) is 18.2 Å². The molecular formula is C22H22N4O2S. The molecule has 0 radical (unpaired) electrons. The molecule has 3 aromatic heterocycles. The van der Waals surface area contributed by atoms with E-state index in [9.17, 15) is 4.79 Å². The van der Waals surface area contributed by atoms with E-state index in [1.54, 1.807) is 11.3 Å². The van der Waals surface area contributed by atoms with Gasteiger partial charge in [-0.05, 0) is 35.9 Å². The second kappa shape index (κ2) is 7.48. The molecule has 1 saturated heterocycles. The van der Waals surface area contributed by atoms with Gasteiger partial charge in [0, 0.05) is 48.2 Å². The summed E-state index contributed by atoms with van der Waals surface area (Å²) in [5.74, 6) is 1.44. The van der Waals surface area contributed by atoms with Gasteiger partial charge in [-0.2, -0.15) is 11.3 Å². The number of piperidine rings is 1. The van der Waals surface area contributed by atoms with Crippen molar-refractivity contribution in [3.8, 4) is 11.5 Å². The largest absolute Gasteiger partial charge is 0.420 e. The first-order valence-electron chi connectivity index (χ1n) is 9.86. The Bertz CT molecular complexity index is 1140. The maximum Gasteiger partial charge on any atom is 0.248 e. The van der Waals surface area contributed by atoms with Gasteiger partial charge in [0.1, 0.15) is 0 Å². The van der Waals surface area contributed by atoms with Crippen LogP contribution in [0.15, 0.2) is 51.7 Å². The van der Waals surface area contributed by atoms with Gasteiger partial charge in [0.2, 0.25) is 17.7 Å². The molecule has 4 heterocycles. The number of hydrogen-bond donors (Lipinski definition) is 0. The number of para-hydroxylation sites is 1. The smallest absolute Gasteiger partial charge is 0.248 e. The van der Waals surface area contributed by atoms with Gasteiger partial charge in [0.25, 0.3) is 0 Å². The van der Waals surface area contributed by atoms with Crippen molar-refractivity contribution in [2.75, 3.05) is 13.1 Å². The summed E-state index contributed by atoms with van der Waals surface area (Å²) in [5.41, 5.74) is 3.18. The third-order valence-electron chi connectivity index (χ3n) is 5.65. The Morgan fingerprint density at radius 3 is 3.03 bits per heavy atom. The number of likely N-dealkylation sites (tertiary alicyclic amines) is 1. The van der Waals surface area contributed by atoms with E-state index >= 15 is 0 Å². The van der Waals surface area contributed by atoms with Crippen LogP contribution in [0.2, 0.25) is 0 Å². The van der Waals surface area contributed by atoms with Gasteiger partial charge in [-0.3, -0.25) is 4.79 Å². The number of nitrogens with zero attached hydrogens (tertiary/aromatic N) is 4. The molecule has 0 spiro atoms. The van der Waals surface area contributed by atoms with Gasteiger partial charge < -0.3 is 13.9 Å². The summed E-state index contributed by atoms with van der Waals surface area (Å²) in [6.45, 7) is 1.42. The second-order valence-corrected chi connectivity index (χ2v) is 8.38. The number of fused-ring (bicyclic) bond motifs is 1. The van der Waals surface area contributed by atoms with Crippen molar-refractivity contribution in [2.45, 2.75) is 25.2 Å². The minimum atomic E-state index is 0.0973. The Hall–Kier alpha value is -2.93. The Morgan fingerprint density at radius 2 is 2.17 bits per heavy atom. The Labute approximate surface area is 172 Å². The molecule has 7 heteroatoms. The Balaban J connectivity index is 1.31. The van der Waals surface area contributed by atoms with E-state index in [-0.39, 0.29) is 11.8 Å². The fourth-order valence-corrected chi connectivity index (χ4v) is 4.78. The lowest BCUT2D eigenvalue weighted by atomic mass is 9.97. The SMILES string of the molecule is Cn1cc(CC(=O)N2CCCC(c3nnc(-c4ccsc4)o3)C2)c2ccccc21. The number of thiophene rings is 1. The quantitative estimate of drug-likeness (QED) is 0.509. The highest BCUT2D eigenvalue weighted by molar-refractivity contribution is 7.08. The highest BCUT2D eigenvalue weighted by Gasteiger charge is 2.29. The van der Waals surface area contributed by atoms with E-state index in [4.69, 9.17) is 4.42 Å². The summed E-state index contributed by atoms with van der Waals surface area (Å²) in [7, 11) is 2.02. The molecule has 0 bridgehead atoms. The highest BCUT2D eigenvalue weighted by atomic mass is 32.1. The second-order valence-electron chi connectivity index (χ2n) is 7.60. The average Bonchev–Trinajstić information content (AvgIpc) is 3.49. The first kappa shape index (κ1) is 18.1. The molecule has 29 heavy (non-hydrogen) atoms. The molecule has 1 fully saturated rings. The highest BCUT2D eigenvalue weighted by Crippen LogP contribution is 2.30. The zero-order valence-corrected chi connectivity index (χ0v) is 17.1. The third-order valence-corrected chi connectivity index (χ3v) is 6.34. The van der Waals surface area contributed by atoms with Crippen molar-refractivity contribution < 1.29 is 9.21 Å². The van der Waals surface area contributed by atoms with E-state index in [1.807, 2.05) is 40.9 Å². The third kappa shape index (κ3) is 3.46. The van der Waals surface area contributed by atoms with Crippen LogP contribution in [0.4, 0.5) is 0 Å². The van der Waals surface area contributed by atoms with Crippen molar-refractivity contribution in [1.82, 2.24) is 19.7 Å². The number of hydrogen-bond acceptors (Lipinski definition) is 5. The zero-order chi connectivity index (χ0) is 19.8. The molecule has 1 atom stereocenters. The first-order chi connectivity index (χ1) is 14.2. The molecular weight excluding hydrogens is 384 g/mol. The molecule has 148 valence electrons. The first-order valence-corrected chi connectivity index (χ1v) is 10.8. The molecule has 1 aliphatic rings. The normalized spacial score (nSPS) is 17.1. The lowest BCUT2D eigenvalue weighted by Gasteiger charge is -2.31.